The summed E-state index contributed by atoms with van der Waals surface area (Å²) in [6, 6.07) is 14.0. The molecule has 4 rings (SSSR count). The van der Waals surface area contributed by atoms with E-state index in [9.17, 15) is 4.79 Å². The molecule has 1 aliphatic heterocycles. The predicted molar refractivity (Wildman–Crippen MR) is 97.9 cm³/mol. The maximum absolute atomic E-state index is 11.9. The van der Waals surface area contributed by atoms with Gasteiger partial charge in [-0.2, -0.15) is 0 Å². The lowest BCUT2D eigenvalue weighted by molar-refractivity contribution is -0.115. The van der Waals surface area contributed by atoms with Gasteiger partial charge in [0, 0.05) is 5.56 Å². The first-order valence-electron chi connectivity index (χ1n) is 7.20. The molecule has 0 saturated carbocycles. The minimum atomic E-state index is -0.0294. The van der Waals surface area contributed by atoms with Crippen LogP contribution in [0.1, 0.15) is 5.56 Å². The van der Waals surface area contributed by atoms with Crippen molar-refractivity contribution >= 4 is 50.5 Å². The third kappa shape index (κ3) is 2.50. The van der Waals surface area contributed by atoms with Gasteiger partial charge in [-0.3, -0.25) is 9.69 Å². The number of benzene rings is 2. The molecule has 2 aromatic carbocycles. The van der Waals surface area contributed by atoms with E-state index in [-0.39, 0.29) is 12.5 Å². The number of aryl methyl sites for hydroxylation is 1. The van der Waals surface area contributed by atoms with E-state index in [1.807, 2.05) is 30.3 Å². The number of anilines is 1. The first-order chi connectivity index (χ1) is 11.1. The summed E-state index contributed by atoms with van der Waals surface area (Å²) in [6.45, 7) is 2.34. The molecule has 1 N–H and O–H groups in total. The van der Waals surface area contributed by atoms with Crippen LogP contribution in [-0.2, 0) is 4.79 Å². The summed E-state index contributed by atoms with van der Waals surface area (Å²) >= 11 is 6.84. The Hall–Kier alpha value is -2.31. The third-order valence-corrected chi connectivity index (χ3v) is 5.15. The Kier molecular flexibility index (Phi) is 3.36. The average Bonchev–Trinajstić information content (AvgIpc) is 3.10. The molecule has 3 aromatic rings. The number of nitrogens with one attached hydrogen (secondary N) is 1. The monoisotopic (exact) mass is 339 g/mol. The molecule has 1 aliphatic rings. The summed E-state index contributed by atoms with van der Waals surface area (Å²) in [5.41, 5.74) is 4.07. The molecule has 0 atom stereocenters. The van der Waals surface area contributed by atoms with Crippen LogP contribution < -0.4 is 10.2 Å². The van der Waals surface area contributed by atoms with Crippen molar-refractivity contribution in [2.45, 2.75) is 6.92 Å². The highest BCUT2D eigenvalue weighted by Gasteiger charge is 2.26. The predicted octanol–water partition coefficient (Wildman–Crippen LogP) is 3.49. The van der Waals surface area contributed by atoms with E-state index in [1.54, 1.807) is 11.3 Å². The second-order valence-electron chi connectivity index (χ2n) is 5.42. The molecule has 0 unspecified atom stereocenters. The molecule has 4 nitrogen and oxygen atoms in total. The lowest BCUT2D eigenvalue weighted by Crippen LogP contribution is -2.30. The molecule has 6 heteroatoms. The van der Waals surface area contributed by atoms with Gasteiger partial charge in [0.25, 0.3) is 5.91 Å². The van der Waals surface area contributed by atoms with Crippen LogP contribution in [0.3, 0.4) is 0 Å². The minimum absolute atomic E-state index is 0.0294. The molecule has 114 valence electrons. The molecule has 23 heavy (non-hydrogen) atoms. The van der Waals surface area contributed by atoms with Crippen LogP contribution in [0.4, 0.5) is 5.69 Å². The molecule has 0 bridgehead atoms. The van der Waals surface area contributed by atoms with Gasteiger partial charge in [-0.25, -0.2) is 4.98 Å². The second kappa shape index (κ2) is 5.40. The van der Waals surface area contributed by atoms with Gasteiger partial charge in [0.1, 0.15) is 5.01 Å². The van der Waals surface area contributed by atoms with Crippen LogP contribution in [-0.4, -0.2) is 22.5 Å². The van der Waals surface area contributed by atoms with Gasteiger partial charge in [0.15, 0.2) is 5.11 Å². The zero-order valence-electron chi connectivity index (χ0n) is 12.4. The summed E-state index contributed by atoms with van der Waals surface area (Å²) in [5, 5.41) is 4.32. The van der Waals surface area contributed by atoms with Crippen molar-refractivity contribution in [3.63, 3.8) is 0 Å². The summed E-state index contributed by atoms with van der Waals surface area (Å²) in [7, 11) is 0. The average molecular weight is 339 g/mol. The molecule has 1 aromatic heterocycles. The Labute approximate surface area is 142 Å². The number of thiazole rings is 1. The third-order valence-electron chi connectivity index (χ3n) is 3.76. The van der Waals surface area contributed by atoms with Crippen molar-refractivity contribution in [2.24, 2.45) is 0 Å². The number of hydrogen-bond donors (Lipinski definition) is 1. The lowest BCUT2D eigenvalue weighted by Gasteiger charge is -2.14. The number of amides is 1. The maximum atomic E-state index is 11.9. The Balaban J connectivity index is 1.69. The number of fused-ring (bicyclic) bond motifs is 1. The van der Waals surface area contributed by atoms with Crippen LogP contribution in [0.15, 0.2) is 42.5 Å². The van der Waals surface area contributed by atoms with Gasteiger partial charge in [-0.15, -0.1) is 11.3 Å². The van der Waals surface area contributed by atoms with Gasteiger partial charge < -0.3 is 5.32 Å². The molecule has 2 heterocycles. The zero-order valence-corrected chi connectivity index (χ0v) is 14.0. The van der Waals surface area contributed by atoms with E-state index in [0.717, 1.165) is 21.8 Å². The largest absolute Gasteiger partial charge is 0.353 e. The molecule has 0 aliphatic carbocycles. The van der Waals surface area contributed by atoms with Gasteiger partial charge >= 0.3 is 0 Å². The van der Waals surface area contributed by atoms with Crippen molar-refractivity contribution in [3.05, 3.63) is 48.0 Å². The maximum Gasteiger partial charge on any atom is 0.252 e. The number of hydrogen-bond acceptors (Lipinski definition) is 4. The van der Waals surface area contributed by atoms with Crippen LogP contribution in [0, 0.1) is 6.92 Å². The van der Waals surface area contributed by atoms with E-state index >= 15 is 0 Å². The van der Waals surface area contributed by atoms with E-state index in [4.69, 9.17) is 12.2 Å². The molecule has 1 fully saturated rings. The van der Waals surface area contributed by atoms with Crippen LogP contribution >= 0.6 is 23.6 Å². The summed E-state index contributed by atoms with van der Waals surface area (Å²) in [5.74, 6) is -0.0294. The first-order valence-corrected chi connectivity index (χ1v) is 8.43. The normalized spacial score (nSPS) is 14.6. The summed E-state index contributed by atoms with van der Waals surface area (Å²) in [6.07, 6.45) is 0. The van der Waals surface area contributed by atoms with Crippen molar-refractivity contribution in [1.29, 1.82) is 0 Å². The molecular weight excluding hydrogens is 326 g/mol. The van der Waals surface area contributed by atoms with E-state index < -0.39 is 0 Å². The number of nitrogens with zero attached hydrogens (tertiary/aromatic N) is 2. The van der Waals surface area contributed by atoms with Crippen molar-refractivity contribution in [3.8, 4) is 10.6 Å². The van der Waals surface area contributed by atoms with Gasteiger partial charge in [-0.1, -0.05) is 6.07 Å². The van der Waals surface area contributed by atoms with Crippen LogP contribution in [0.5, 0.6) is 0 Å². The molecule has 0 radical (unpaired) electrons. The van der Waals surface area contributed by atoms with Crippen LogP contribution in [0.2, 0.25) is 0 Å². The fourth-order valence-corrected chi connectivity index (χ4v) is 3.94. The smallest absolute Gasteiger partial charge is 0.252 e. The SMILES string of the molecule is Cc1ccc2nc(-c3ccc(N4C(=O)CNC4=S)cc3)sc2c1. The van der Waals surface area contributed by atoms with Gasteiger partial charge in [0.2, 0.25) is 0 Å². The summed E-state index contributed by atoms with van der Waals surface area (Å²) in [4.78, 5) is 18.1. The first kappa shape index (κ1) is 14.3. The number of rotatable bonds is 2. The number of carbonyl (C=O) groups is 1. The van der Waals surface area contributed by atoms with Crippen molar-refractivity contribution < 1.29 is 4.79 Å². The highest BCUT2D eigenvalue weighted by molar-refractivity contribution is 7.80. The fourth-order valence-electron chi connectivity index (χ4n) is 2.59. The molecule has 1 saturated heterocycles. The van der Waals surface area contributed by atoms with E-state index in [2.05, 4.69) is 29.4 Å². The zero-order chi connectivity index (χ0) is 16.0. The van der Waals surface area contributed by atoms with Gasteiger partial charge in [-0.05, 0) is 61.1 Å². The number of carbonyl (C=O) groups excluding carboxylic acids is 1. The van der Waals surface area contributed by atoms with Crippen molar-refractivity contribution in [2.75, 3.05) is 11.4 Å². The van der Waals surface area contributed by atoms with Crippen molar-refractivity contribution in [1.82, 2.24) is 10.3 Å². The number of aromatic nitrogens is 1. The number of thiocarbonyl (C=S) groups is 1. The quantitative estimate of drug-likeness (QED) is 0.726. The molecule has 0 spiro atoms. The van der Waals surface area contributed by atoms with Crippen LogP contribution in [0.25, 0.3) is 20.8 Å². The Bertz CT molecular complexity index is 915. The van der Waals surface area contributed by atoms with Gasteiger partial charge in [0.05, 0.1) is 22.4 Å². The van der Waals surface area contributed by atoms with E-state index in [1.165, 1.54) is 15.2 Å². The topological polar surface area (TPSA) is 45.2 Å². The standard InChI is InChI=1S/C17H13N3OS2/c1-10-2-7-13-14(8-10)23-16(19-13)11-3-5-12(6-4-11)20-15(21)9-18-17(20)22/h2-8H,9H2,1H3,(H,18,22). The molecular formula is C17H13N3OS2. The summed E-state index contributed by atoms with van der Waals surface area (Å²) < 4.78 is 1.18. The fraction of sp³-hybridized carbons (Fsp3) is 0.118. The second-order valence-corrected chi connectivity index (χ2v) is 6.84. The highest BCUT2D eigenvalue weighted by Crippen LogP contribution is 2.32. The van der Waals surface area contributed by atoms with E-state index in [0.29, 0.717) is 5.11 Å². The molecule has 1 amide bonds. The lowest BCUT2D eigenvalue weighted by atomic mass is 10.2. The minimum Gasteiger partial charge on any atom is -0.353 e. The Morgan fingerprint density at radius 2 is 2.00 bits per heavy atom. The Morgan fingerprint density at radius 1 is 1.22 bits per heavy atom. The highest BCUT2D eigenvalue weighted by atomic mass is 32.1. The Morgan fingerprint density at radius 3 is 2.70 bits per heavy atom.